The molecule has 0 spiro atoms. The van der Waals surface area contributed by atoms with E-state index in [4.69, 9.17) is 12.2 Å². The summed E-state index contributed by atoms with van der Waals surface area (Å²) in [6.07, 6.45) is 2.54. The number of carbonyl (C=O) groups excluding carboxylic acids is 3. The van der Waals surface area contributed by atoms with Gasteiger partial charge >= 0.3 is 0 Å². The first-order valence-corrected chi connectivity index (χ1v) is 8.61. The van der Waals surface area contributed by atoms with Crippen LogP contribution in [0.4, 0.5) is 0 Å². The predicted molar refractivity (Wildman–Crippen MR) is 107 cm³/mol. The van der Waals surface area contributed by atoms with E-state index >= 15 is 0 Å². The zero-order valence-electron chi connectivity index (χ0n) is 14.3. The first-order chi connectivity index (χ1) is 13.0. The Balaban J connectivity index is 1.85. The molecule has 2 aromatic carbocycles. The van der Waals surface area contributed by atoms with Crippen molar-refractivity contribution in [2.24, 2.45) is 0 Å². The Morgan fingerprint density at radius 3 is 2.30 bits per heavy atom. The van der Waals surface area contributed by atoms with Crippen LogP contribution in [0.15, 0.2) is 78.9 Å². The Morgan fingerprint density at radius 2 is 1.67 bits per heavy atom. The molecule has 3 rings (SSSR count). The zero-order valence-corrected chi connectivity index (χ0v) is 15.2. The van der Waals surface area contributed by atoms with Crippen LogP contribution in [0.5, 0.6) is 0 Å². The van der Waals surface area contributed by atoms with Gasteiger partial charge in [0, 0.05) is 18.2 Å². The Hall–Kier alpha value is -3.38. The molecule has 1 aliphatic heterocycles. The fourth-order valence-electron chi connectivity index (χ4n) is 2.66. The third-order valence-electron chi connectivity index (χ3n) is 4.05. The van der Waals surface area contributed by atoms with Gasteiger partial charge < -0.3 is 0 Å². The van der Waals surface area contributed by atoms with Crippen LogP contribution in [0.1, 0.15) is 10.4 Å². The summed E-state index contributed by atoms with van der Waals surface area (Å²) in [6.45, 7) is 3.70. The van der Waals surface area contributed by atoms with Crippen LogP contribution in [-0.2, 0) is 9.59 Å². The van der Waals surface area contributed by atoms with Gasteiger partial charge in [-0.2, -0.15) is 0 Å². The first-order valence-electron chi connectivity index (χ1n) is 8.21. The minimum atomic E-state index is -0.681. The van der Waals surface area contributed by atoms with Crippen molar-refractivity contribution >= 4 is 34.9 Å². The number of allylic oxidation sites excluding steroid dienone is 1. The first kappa shape index (κ1) is 18.4. The Bertz CT molecular complexity index is 963. The Labute approximate surface area is 162 Å². The van der Waals surface area contributed by atoms with E-state index < -0.39 is 17.6 Å². The van der Waals surface area contributed by atoms with Crippen molar-refractivity contribution in [3.63, 3.8) is 0 Å². The second-order valence-electron chi connectivity index (χ2n) is 5.83. The minimum absolute atomic E-state index is 0.00159. The SMILES string of the molecule is C=CCN1C(=O)/C(=C/C(=O)c2ccc(-c3ccccc3)cc2)C(=O)NC1=S. The number of amides is 2. The molecule has 0 aromatic heterocycles. The second kappa shape index (κ2) is 7.88. The van der Waals surface area contributed by atoms with Crippen LogP contribution < -0.4 is 5.32 Å². The molecule has 1 aliphatic rings. The van der Waals surface area contributed by atoms with Crippen LogP contribution in [-0.4, -0.2) is 34.2 Å². The molecule has 27 heavy (non-hydrogen) atoms. The van der Waals surface area contributed by atoms with E-state index in [1.807, 2.05) is 42.5 Å². The summed E-state index contributed by atoms with van der Waals surface area (Å²) in [7, 11) is 0. The van der Waals surface area contributed by atoms with E-state index in [9.17, 15) is 14.4 Å². The van der Waals surface area contributed by atoms with Gasteiger partial charge in [0.05, 0.1) is 0 Å². The number of hydrogen-bond acceptors (Lipinski definition) is 4. The van der Waals surface area contributed by atoms with Crippen molar-refractivity contribution in [2.45, 2.75) is 0 Å². The molecule has 1 N–H and O–H groups in total. The average Bonchev–Trinajstić information content (AvgIpc) is 2.69. The number of thiocarbonyl (C=S) groups is 1. The summed E-state index contributed by atoms with van der Waals surface area (Å²) in [5.74, 6) is -1.73. The van der Waals surface area contributed by atoms with E-state index in [2.05, 4.69) is 11.9 Å². The van der Waals surface area contributed by atoms with Crippen molar-refractivity contribution in [1.82, 2.24) is 10.2 Å². The van der Waals surface area contributed by atoms with Crippen molar-refractivity contribution < 1.29 is 14.4 Å². The number of benzene rings is 2. The summed E-state index contributed by atoms with van der Waals surface area (Å²) in [6, 6.07) is 16.7. The second-order valence-corrected chi connectivity index (χ2v) is 6.22. The highest BCUT2D eigenvalue weighted by atomic mass is 32.1. The van der Waals surface area contributed by atoms with Gasteiger partial charge in [-0.25, -0.2) is 0 Å². The average molecular weight is 376 g/mol. The van der Waals surface area contributed by atoms with E-state index in [0.717, 1.165) is 17.2 Å². The molecule has 134 valence electrons. The Kier molecular flexibility index (Phi) is 5.38. The summed E-state index contributed by atoms with van der Waals surface area (Å²) in [5, 5.41) is 2.41. The monoisotopic (exact) mass is 376 g/mol. The molecule has 0 radical (unpaired) electrons. The lowest BCUT2D eigenvalue weighted by molar-refractivity contribution is -0.128. The minimum Gasteiger partial charge on any atom is -0.298 e. The predicted octanol–water partition coefficient (Wildman–Crippen LogP) is 2.89. The van der Waals surface area contributed by atoms with Crippen molar-refractivity contribution in [1.29, 1.82) is 0 Å². The maximum atomic E-state index is 12.5. The van der Waals surface area contributed by atoms with E-state index in [1.165, 1.54) is 11.0 Å². The summed E-state index contributed by atoms with van der Waals surface area (Å²) >= 11 is 4.98. The molecule has 1 heterocycles. The van der Waals surface area contributed by atoms with Gasteiger partial charge in [0.1, 0.15) is 5.57 Å². The molecule has 1 saturated heterocycles. The van der Waals surface area contributed by atoms with Crippen LogP contribution in [0.2, 0.25) is 0 Å². The number of hydrogen-bond donors (Lipinski definition) is 1. The van der Waals surface area contributed by atoms with E-state index in [-0.39, 0.29) is 17.2 Å². The molecule has 2 amide bonds. The number of ketones is 1. The van der Waals surface area contributed by atoms with Gasteiger partial charge in [0.2, 0.25) is 0 Å². The maximum absolute atomic E-state index is 12.5. The molecule has 0 atom stereocenters. The lowest BCUT2D eigenvalue weighted by Crippen LogP contribution is -2.54. The fraction of sp³-hybridized carbons (Fsp3) is 0.0476. The molecule has 6 heteroatoms. The highest BCUT2D eigenvalue weighted by Crippen LogP contribution is 2.20. The van der Waals surface area contributed by atoms with E-state index in [1.54, 1.807) is 12.1 Å². The summed E-state index contributed by atoms with van der Waals surface area (Å²) < 4.78 is 0. The van der Waals surface area contributed by atoms with Crippen LogP contribution in [0.25, 0.3) is 11.1 Å². The zero-order chi connectivity index (χ0) is 19.4. The smallest absolute Gasteiger partial charge is 0.266 e. The van der Waals surface area contributed by atoms with Crippen molar-refractivity contribution in [3.05, 3.63) is 84.5 Å². The number of nitrogens with zero attached hydrogens (tertiary/aromatic N) is 1. The van der Waals surface area contributed by atoms with Gasteiger partial charge in [-0.05, 0) is 23.3 Å². The summed E-state index contributed by atoms with van der Waals surface area (Å²) in [4.78, 5) is 38.2. The van der Waals surface area contributed by atoms with Crippen LogP contribution in [0, 0.1) is 0 Å². The van der Waals surface area contributed by atoms with Crippen molar-refractivity contribution in [2.75, 3.05) is 6.54 Å². The molecular formula is C21H16N2O3S. The van der Waals surface area contributed by atoms with Gasteiger partial charge in [-0.15, -0.1) is 6.58 Å². The van der Waals surface area contributed by atoms with Gasteiger partial charge in [0.15, 0.2) is 10.9 Å². The van der Waals surface area contributed by atoms with Gasteiger partial charge in [-0.3, -0.25) is 24.6 Å². The maximum Gasteiger partial charge on any atom is 0.266 e. The normalized spacial score (nSPS) is 15.6. The number of rotatable bonds is 5. The lowest BCUT2D eigenvalue weighted by atomic mass is 10.0. The largest absolute Gasteiger partial charge is 0.298 e. The third-order valence-corrected chi connectivity index (χ3v) is 4.37. The molecule has 0 unspecified atom stereocenters. The van der Waals surface area contributed by atoms with Crippen LogP contribution in [0.3, 0.4) is 0 Å². The highest BCUT2D eigenvalue weighted by Gasteiger charge is 2.33. The lowest BCUT2D eigenvalue weighted by Gasteiger charge is -2.27. The molecular weight excluding hydrogens is 360 g/mol. The standard InChI is InChI=1S/C21H16N2O3S/c1-2-12-23-20(26)17(19(25)22-21(23)27)13-18(24)16-10-8-15(9-11-16)14-6-4-3-5-7-14/h2-11,13H,1,12H2,(H,22,25,27)/b17-13+. The number of carbonyl (C=O) groups is 3. The number of nitrogens with one attached hydrogen (secondary N) is 1. The van der Waals surface area contributed by atoms with Crippen molar-refractivity contribution in [3.8, 4) is 11.1 Å². The Morgan fingerprint density at radius 1 is 1.04 bits per heavy atom. The molecule has 0 saturated carbocycles. The van der Waals surface area contributed by atoms with Crippen LogP contribution >= 0.6 is 12.2 Å². The molecule has 5 nitrogen and oxygen atoms in total. The third kappa shape index (κ3) is 3.91. The van der Waals surface area contributed by atoms with Gasteiger partial charge in [-0.1, -0.05) is 60.7 Å². The molecule has 0 bridgehead atoms. The molecule has 1 fully saturated rings. The van der Waals surface area contributed by atoms with E-state index in [0.29, 0.717) is 5.56 Å². The fourth-order valence-corrected chi connectivity index (χ4v) is 2.91. The quantitative estimate of drug-likeness (QED) is 0.286. The highest BCUT2D eigenvalue weighted by molar-refractivity contribution is 7.80. The van der Waals surface area contributed by atoms with Gasteiger partial charge in [0.25, 0.3) is 11.8 Å². The molecule has 0 aliphatic carbocycles. The summed E-state index contributed by atoms with van der Waals surface area (Å²) in [5.41, 5.74) is 2.13. The molecule has 2 aromatic rings. The topological polar surface area (TPSA) is 66.5 Å².